The second-order valence-electron chi connectivity index (χ2n) is 11.6. The fraction of sp³-hybridized carbons (Fsp3) is 0. The normalized spacial score (nSPS) is 11.6. The van der Waals surface area contributed by atoms with Crippen molar-refractivity contribution in [1.29, 1.82) is 0 Å². The van der Waals surface area contributed by atoms with E-state index in [2.05, 4.69) is 170 Å². The minimum atomic E-state index is 0.901. The molecule has 9 rings (SSSR count). The molecule has 210 valence electrons. The SMILES string of the molecule is c1ccc(-c2c3ccccc3c(-c3ccccc3)c3cc(-c4cccc5oc6c(-c7ccccc7)cccc6c45)ccc23)cc1. The zero-order valence-electron chi connectivity index (χ0n) is 24.6. The molecule has 0 saturated carbocycles. The molecule has 0 bridgehead atoms. The molecule has 0 aliphatic rings. The average Bonchev–Trinajstić information content (AvgIpc) is 3.51. The number of hydrogen-bond donors (Lipinski definition) is 0. The van der Waals surface area contributed by atoms with E-state index in [9.17, 15) is 0 Å². The van der Waals surface area contributed by atoms with Crippen molar-refractivity contribution in [3.05, 3.63) is 170 Å². The minimum Gasteiger partial charge on any atom is -0.455 e. The van der Waals surface area contributed by atoms with Crippen molar-refractivity contribution in [3.8, 4) is 44.5 Å². The summed E-state index contributed by atoms with van der Waals surface area (Å²) in [5.74, 6) is 0. The van der Waals surface area contributed by atoms with Crippen molar-refractivity contribution in [1.82, 2.24) is 0 Å². The summed E-state index contributed by atoms with van der Waals surface area (Å²) in [4.78, 5) is 0. The highest BCUT2D eigenvalue weighted by Crippen LogP contribution is 2.46. The van der Waals surface area contributed by atoms with Gasteiger partial charge in [-0.3, -0.25) is 0 Å². The maximum atomic E-state index is 6.62. The monoisotopic (exact) mass is 572 g/mol. The highest BCUT2D eigenvalue weighted by atomic mass is 16.3. The van der Waals surface area contributed by atoms with Crippen LogP contribution in [0, 0.1) is 0 Å². The lowest BCUT2D eigenvalue weighted by Crippen LogP contribution is -1.91. The first-order valence-electron chi connectivity index (χ1n) is 15.4. The summed E-state index contributed by atoms with van der Waals surface area (Å²) in [6.07, 6.45) is 0. The second kappa shape index (κ2) is 10.4. The van der Waals surface area contributed by atoms with Crippen LogP contribution in [-0.2, 0) is 0 Å². The van der Waals surface area contributed by atoms with Gasteiger partial charge in [-0.1, -0.05) is 158 Å². The molecule has 0 spiro atoms. The van der Waals surface area contributed by atoms with Crippen molar-refractivity contribution in [2.75, 3.05) is 0 Å². The van der Waals surface area contributed by atoms with E-state index >= 15 is 0 Å². The van der Waals surface area contributed by atoms with Crippen LogP contribution in [-0.4, -0.2) is 0 Å². The largest absolute Gasteiger partial charge is 0.455 e. The molecule has 45 heavy (non-hydrogen) atoms. The number of rotatable bonds is 4. The lowest BCUT2D eigenvalue weighted by molar-refractivity contribution is 0.670. The van der Waals surface area contributed by atoms with E-state index in [4.69, 9.17) is 4.42 Å². The topological polar surface area (TPSA) is 13.1 Å². The Kier molecular flexibility index (Phi) is 5.89. The summed E-state index contributed by atoms with van der Waals surface area (Å²) < 4.78 is 6.62. The maximum Gasteiger partial charge on any atom is 0.143 e. The number of furan rings is 1. The van der Waals surface area contributed by atoms with Gasteiger partial charge in [0.1, 0.15) is 11.2 Å². The van der Waals surface area contributed by atoms with E-state index in [-0.39, 0.29) is 0 Å². The molecule has 0 saturated heterocycles. The Bertz CT molecular complexity index is 2510. The van der Waals surface area contributed by atoms with Crippen LogP contribution in [0.5, 0.6) is 0 Å². The molecule has 1 heterocycles. The molecule has 0 aliphatic carbocycles. The fourth-order valence-corrected chi connectivity index (χ4v) is 7.11. The predicted octanol–water partition coefficient (Wildman–Crippen LogP) is 12.6. The molecule has 1 aromatic heterocycles. The van der Waals surface area contributed by atoms with Gasteiger partial charge < -0.3 is 4.42 Å². The average molecular weight is 573 g/mol. The van der Waals surface area contributed by atoms with Crippen LogP contribution >= 0.6 is 0 Å². The Morgan fingerprint density at radius 1 is 0.311 bits per heavy atom. The smallest absolute Gasteiger partial charge is 0.143 e. The van der Waals surface area contributed by atoms with Gasteiger partial charge in [-0.2, -0.15) is 0 Å². The van der Waals surface area contributed by atoms with Gasteiger partial charge in [0.25, 0.3) is 0 Å². The minimum absolute atomic E-state index is 0.901. The van der Waals surface area contributed by atoms with Crippen LogP contribution in [0.4, 0.5) is 0 Å². The van der Waals surface area contributed by atoms with Gasteiger partial charge in [0.2, 0.25) is 0 Å². The van der Waals surface area contributed by atoms with Gasteiger partial charge in [0.15, 0.2) is 0 Å². The lowest BCUT2D eigenvalue weighted by Gasteiger charge is -2.19. The van der Waals surface area contributed by atoms with Crippen molar-refractivity contribution >= 4 is 43.5 Å². The Morgan fingerprint density at radius 3 is 1.49 bits per heavy atom. The third kappa shape index (κ3) is 4.09. The molecule has 0 radical (unpaired) electrons. The van der Waals surface area contributed by atoms with Crippen molar-refractivity contribution < 1.29 is 4.42 Å². The third-order valence-electron chi connectivity index (χ3n) is 9.07. The number of fused-ring (bicyclic) bond motifs is 5. The highest BCUT2D eigenvalue weighted by molar-refractivity contribution is 6.23. The predicted molar refractivity (Wildman–Crippen MR) is 190 cm³/mol. The summed E-state index contributed by atoms with van der Waals surface area (Å²) in [6, 6.07) is 60.8. The van der Waals surface area contributed by atoms with Crippen LogP contribution in [0.15, 0.2) is 174 Å². The van der Waals surface area contributed by atoms with Gasteiger partial charge in [0, 0.05) is 16.3 Å². The molecule has 0 N–H and O–H groups in total. The summed E-state index contributed by atoms with van der Waals surface area (Å²) in [5, 5.41) is 7.29. The van der Waals surface area contributed by atoms with Gasteiger partial charge >= 0.3 is 0 Å². The molecular formula is C44H28O. The molecule has 0 atom stereocenters. The Morgan fingerprint density at radius 2 is 0.822 bits per heavy atom. The molecule has 1 heteroatoms. The van der Waals surface area contributed by atoms with Gasteiger partial charge in [-0.25, -0.2) is 0 Å². The zero-order chi connectivity index (χ0) is 29.7. The van der Waals surface area contributed by atoms with Crippen molar-refractivity contribution in [2.45, 2.75) is 0 Å². The van der Waals surface area contributed by atoms with E-state index in [0.717, 1.165) is 33.1 Å². The first kappa shape index (κ1) is 25.6. The summed E-state index contributed by atoms with van der Waals surface area (Å²) in [5.41, 5.74) is 11.4. The van der Waals surface area contributed by atoms with Crippen molar-refractivity contribution in [2.24, 2.45) is 0 Å². The summed E-state index contributed by atoms with van der Waals surface area (Å²) >= 11 is 0. The molecule has 1 nitrogen and oxygen atoms in total. The first-order valence-corrected chi connectivity index (χ1v) is 15.4. The van der Waals surface area contributed by atoms with Gasteiger partial charge in [-0.05, 0) is 72.6 Å². The molecule has 0 unspecified atom stereocenters. The number of para-hydroxylation sites is 1. The van der Waals surface area contributed by atoms with Crippen LogP contribution in [0.1, 0.15) is 0 Å². The molecular weight excluding hydrogens is 544 g/mol. The van der Waals surface area contributed by atoms with E-state index in [1.807, 2.05) is 0 Å². The van der Waals surface area contributed by atoms with E-state index < -0.39 is 0 Å². The quantitative estimate of drug-likeness (QED) is 0.191. The number of benzene rings is 8. The van der Waals surface area contributed by atoms with Crippen LogP contribution < -0.4 is 0 Å². The highest BCUT2D eigenvalue weighted by Gasteiger charge is 2.19. The lowest BCUT2D eigenvalue weighted by atomic mass is 9.84. The zero-order valence-corrected chi connectivity index (χ0v) is 24.6. The third-order valence-corrected chi connectivity index (χ3v) is 9.07. The standard InChI is InChI=1S/C44H28O/c1-4-14-29(15-5-1)34-23-12-24-38-43-33(22-13-25-40(43)45-44(34)38)32-26-27-37-39(28-32)42(31-18-8-3-9-19-31)36-21-11-10-20-35(36)41(37)30-16-6-2-7-17-30/h1-28H. The Balaban J connectivity index is 1.37. The first-order chi connectivity index (χ1) is 22.3. The second-order valence-corrected chi connectivity index (χ2v) is 11.6. The van der Waals surface area contributed by atoms with Crippen LogP contribution in [0.3, 0.4) is 0 Å². The Hall–Kier alpha value is -5.92. The fourth-order valence-electron chi connectivity index (χ4n) is 7.11. The van der Waals surface area contributed by atoms with Crippen LogP contribution in [0.25, 0.3) is 88.0 Å². The molecule has 9 aromatic rings. The summed E-state index contributed by atoms with van der Waals surface area (Å²) in [6.45, 7) is 0. The van der Waals surface area contributed by atoms with E-state index in [1.54, 1.807) is 0 Å². The molecule has 8 aromatic carbocycles. The molecule has 0 fully saturated rings. The summed E-state index contributed by atoms with van der Waals surface area (Å²) in [7, 11) is 0. The Labute approximate surface area is 261 Å². The molecule has 0 aliphatic heterocycles. The maximum absolute atomic E-state index is 6.62. The van der Waals surface area contributed by atoms with Gasteiger partial charge in [-0.15, -0.1) is 0 Å². The number of hydrogen-bond acceptors (Lipinski definition) is 1. The molecule has 0 amide bonds. The van der Waals surface area contributed by atoms with Gasteiger partial charge in [0.05, 0.1) is 0 Å². The van der Waals surface area contributed by atoms with E-state index in [0.29, 0.717) is 0 Å². The van der Waals surface area contributed by atoms with E-state index in [1.165, 1.54) is 54.9 Å². The van der Waals surface area contributed by atoms with Crippen LogP contribution in [0.2, 0.25) is 0 Å². The van der Waals surface area contributed by atoms with Crippen molar-refractivity contribution in [3.63, 3.8) is 0 Å².